The quantitative estimate of drug-likeness (QED) is 0.852. The highest BCUT2D eigenvalue weighted by Crippen LogP contribution is 2.30. The third kappa shape index (κ3) is 2.71. The number of amides is 1. The number of carbonyl (C=O) groups is 1. The highest BCUT2D eigenvalue weighted by molar-refractivity contribution is 9.09. The molecule has 2 unspecified atom stereocenters. The summed E-state index contributed by atoms with van der Waals surface area (Å²) in [5.41, 5.74) is 2.71. The molecule has 1 fully saturated rings. The fourth-order valence-corrected chi connectivity index (χ4v) is 4.23. The van der Waals surface area contributed by atoms with Crippen molar-refractivity contribution in [1.29, 1.82) is 0 Å². The van der Waals surface area contributed by atoms with Crippen LogP contribution in [0.2, 0.25) is 0 Å². The van der Waals surface area contributed by atoms with Gasteiger partial charge in [0.2, 0.25) is 5.91 Å². The van der Waals surface area contributed by atoms with Crippen LogP contribution in [0.3, 0.4) is 0 Å². The summed E-state index contributed by atoms with van der Waals surface area (Å²) in [6.07, 6.45) is 5.44. The molecule has 0 bridgehead atoms. The van der Waals surface area contributed by atoms with E-state index in [1.165, 1.54) is 24.0 Å². The van der Waals surface area contributed by atoms with E-state index in [0.717, 1.165) is 24.6 Å². The molecule has 1 aromatic carbocycles. The average molecular weight is 322 g/mol. The Hall–Kier alpha value is -0.830. The molecule has 102 valence electrons. The normalized spacial score (nSPS) is 26.4. The van der Waals surface area contributed by atoms with Crippen molar-refractivity contribution in [2.75, 3.05) is 5.33 Å². The molecule has 1 aromatic rings. The molecule has 2 nitrogen and oxygen atoms in total. The first kappa shape index (κ1) is 13.2. The standard InChI is InChI=1S/C16H20BrNO/c17-10-13-6-3-7-15(13)18-16(19)14-8-11-4-1-2-5-12(11)9-14/h1-2,4-5,13-15H,3,6-10H2,(H,18,19). The van der Waals surface area contributed by atoms with E-state index in [1.807, 2.05) is 0 Å². The van der Waals surface area contributed by atoms with Gasteiger partial charge in [0.25, 0.3) is 0 Å². The zero-order chi connectivity index (χ0) is 13.2. The van der Waals surface area contributed by atoms with Gasteiger partial charge < -0.3 is 5.32 Å². The van der Waals surface area contributed by atoms with Gasteiger partial charge in [-0.2, -0.15) is 0 Å². The monoisotopic (exact) mass is 321 g/mol. The predicted molar refractivity (Wildman–Crippen MR) is 80.4 cm³/mol. The first-order valence-corrected chi connectivity index (χ1v) is 8.33. The third-order valence-corrected chi connectivity index (χ3v) is 5.44. The van der Waals surface area contributed by atoms with Crippen molar-refractivity contribution in [1.82, 2.24) is 5.32 Å². The molecule has 0 radical (unpaired) electrons. The summed E-state index contributed by atoms with van der Waals surface area (Å²) in [5, 5.41) is 4.29. The van der Waals surface area contributed by atoms with Crippen LogP contribution in [0.1, 0.15) is 30.4 Å². The number of hydrogen-bond acceptors (Lipinski definition) is 1. The number of halogens is 1. The summed E-state index contributed by atoms with van der Waals surface area (Å²) < 4.78 is 0. The lowest BCUT2D eigenvalue weighted by atomic mass is 10.0. The lowest BCUT2D eigenvalue weighted by Gasteiger charge is -2.21. The maximum Gasteiger partial charge on any atom is 0.224 e. The van der Waals surface area contributed by atoms with Crippen molar-refractivity contribution in [3.8, 4) is 0 Å². The molecule has 0 saturated heterocycles. The van der Waals surface area contributed by atoms with Crippen LogP contribution in [-0.4, -0.2) is 17.3 Å². The molecule has 3 rings (SSSR count). The SMILES string of the molecule is O=C(NC1CCCC1CBr)C1Cc2ccccc2C1. The molecule has 0 aromatic heterocycles. The van der Waals surface area contributed by atoms with Gasteiger partial charge >= 0.3 is 0 Å². The Labute approximate surface area is 123 Å². The van der Waals surface area contributed by atoms with Gasteiger partial charge in [0.1, 0.15) is 0 Å². The fraction of sp³-hybridized carbons (Fsp3) is 0.562. The topological polar surface area (TPSA) is 29.1 Å². The number of carbonyl (C=O) groups excluding carboxylic acids is 1. The van der Waals surface area contributed by atoms with E-state index in [9.17, 15) is 4.79 Å². The molecule has 3 heteroatoms. The van der Waals surface area contributed by atoms with Gasteiger partial charge in [0.05, 0.1) is 0 Å². The zero-order valence-corrected chi connectivity index (χ0v) is 12.7. The van der Waals surface area contributed by atoms with Crippen LogP contribution in [0.5, 0.6) is 0 Å². The van der Waals surface area contributed by atoms with Crippen molar-refractivity contribution in [3.05, 3.63) is 35.4 Å². The van der Waals surface area contributed by atoms with Gasteiger partial charge in [-0.1, -0.05) is 46.6 Å². The van der Waals surface area contributed by atoms with Crippen LogP contribution in [0.15, 0.2) is 24.3 Å². The molecule has 19 heavy (non-hydrogen) atoms. The van der Waals surface area contributed by atoms with E-state index in [0.29, 0.717) is 12.0 Å². The highest BCUT2D eigenvalue weighted by atomic mass is 79.9. The van der Waals surface area contributed by atoms with Crippen LogP contribution in [0.25, 0.3) is 0 Å². The Balaban J connectivity index is 1.61. The fourth-order valence-electron chi connectivity index (χ4n) is 3.46. The van der Waals surface area contributed by atoms with Gasteiger partial charge in [0, 0.05) is 17.3 Å². The Bertz CT molecular complexity index is 449. The van der Waals surface area contributed by atoms with Crippen molar-refractivity contribution in [2.45, 2.75) is 38.1 Å². The molecular formula is C16H20BrNO. The van der Waals surface area contributed by atoms with Crippen LogP contribution < -0.4 is 5.32 Å². The minimum absolute atomic E-state index is 0.147. The minimum atomic E-state index is 0.147. The number of fused-ring (bicyclic) bond motifs is 1. The summed E-state index contributed by atoms with van der Waals surface area (Å²) in [4.78, 5) is 12.4. The van der Waals surface area contributed by atoms with E-state index in [-0.39, 0.29) is 11.8 Å². The smallest absolute Gasteiger partial charge is 0.224 e. The summed E-state index contributed by atoms with van der Waals surface area (Å²) in [6.45, 7) is 0. The molecule has 1 amide bonds. The van der Waals surface area contributed by atoms with Crippen LogP contribution in [0.4, 0.5) is 0 Å². The lowest BCUT2D eigenvalue weighted by molar-refractivity contribution is -0.125. The van der Waals surface area contributed by atoms with E-state index in [2.05, 4.69) is 45.5 Å². The summed E-state index contributed by atoms with van der Waals surface area (Å²) >= 11 is 3.56. The second kappa shape index (κ2) is 5.66. The van der Waals surface area contributed by atoms with Gasteiger partial charge in [0.15, 0.2) is 0 Å². The number of benzene rings is 1. The van der Waals surface area contributed by atoms with Crippen molar-refractivity contribution in [3.63, 3.8) is 0 Å². The van der Waals surface area contributed by atoms with Crippen LogP contribution in [0, 0.1) is 11.8 Å². The van der Waals surface area contributed by atoms with Gasteiger partial charge in [-0.3, -0.25) is 4.79 Å². The first-order valence-electron chi connectivity index (χ1n) is 7.21. The van der Waals surface area contributed by atoms with E-state index in [4.69, 9.17) is 0 Å². The summed E-state index contributed by atoms with van der Waals surface area (Å²) in [6, 6.07) is 8.82. The summed E-state index contributed by atoms with van der Waals surface area (Å²) in [7, 11) is 0. The van der Waals surface area contributed by atoms with Gasteiger partial charge in [-0.25, -0.2) is 0 Å². The molecule has 0 spiro atoms. The predicted octanol–water partition coefficient (Wildman–Crippen LogP) is 3.08. The molecule has 2 aliphatic rings. The van der Waals surface area contributed by atoms with Crippen LogP contribution in [-0.2, 0) is 17.6 Å². The molecule has 2 atom stereocenters. The van der Waals surface area contributed by atoms with Crippen molar-refractivity contribution < 1.29 is 4.79 Å². The van der Waals surface area contributed by atoms with Crippen molar-refractivity contribution in [2.24, 2.45) is 11.8 Å². The number of alkyl halides is 1. The molecule has 1 saturated carbocycles. The highest BCUT2D eigenvalue weighted by Gasteiger charge is 2.32. The Kier molecular flexibility index (Phi) is 3.92. The van der Waals surface area contributed by atoms with Gasteiger partial charge in [-0.15, -0.1) is 0 Å². The molecule has 0 aliphatic heterocycles. The Morgan fingerprint density at radius 1 is 1.21 bits per heavy atom. The number of hydrogen-bond donors (Lipinski definition) is 1. The third-order valence-electron chi connectivity index (χ3n) is 4.61. The van der Waals surface area contributed by atoms with Crippen LogP contribution >= 0.6 is 15.9 Å². The maximum absolute atomic E-state index is 12.4. The molecule has 0 heterocycles. The second-order valence-electron chi connectivity index (χ2n) is 5.83. The Morgan fingerprint density at radius 3 is 2.53 bits per heavy atom. The Morgan fingerprint density at radius 2 is 1.89 bits per heavy atom. The van der Waals surface area contributed by atoms with Gasteiger partial charge in [-0.05, 0) is 42.7 Å². The molecule has 2 aliphatic carbocycles. The largest absolute Gasteiger partial charge is 0.353 e. The molecular weight excluding hydrogens is 302 g/mol. The van der Waals surface area contributed by atoms with E-state index >= 15 is 0 Å². The summed E-state index contributed by atoms with van der Waals surface area (Å²) in [5.74, 6) is 1.02. The second-order valence-corrected chi connectivity index (χ2v) is 6.48. The minimum Gasteiger partial charge on any atom is -0.353 e. The molecule has 1 N–H and O–H groups in total. The average Bonchev–Trinajstić information content (AvgIpc) is 3.03. The van der Waals surface area contributed by atoms with Crippen molar-refractivity contribution >= 4 is 21.8 Å². The van der Waals surface area contributed by atoms with E-state index in [1.54, 1.807) is 0 Å². The van der Waals surface area contributed by atoms with E-state index < -0.39 is 0 Å². The number of nitrogens with one attached hydrogen (secondary N) is 1. The number of rotatable bonds is 3. The maximum atomic E-state index is 12.4. The lowest BCUT2D eigenvalue weighted by Crippen LogP contribution is -2.41. The zero-order valence-electron chi connectivity index (χ0n) is 11.1. The first-order chi connectivity index (χ1) is 9.28.